The van der Waals surface area contributed by atoms with E-state index >= 15 is 0 Å². The summed E-state index contributed by atoms with van der Waals surface area (Å²) in [6.45, 7) is -0.0805. The molecule has 1 N–H and O–H groups in total. The van der Waals surface area contributed by atoms with Crippen molar-refractivity contribution in [1.29, 1.82) is 5.26 Å². The second kappa shape index (κ2) is 6.29. The number of anilines is 1. The number of carbonyl (C=O) groups is 1. The van der Waals surface area contributed by atoms with E-state index in [9.17, 15) is 9.18 Å². The average Bonchev–Trinajstić information content (AvgIpc) is 2.45. The maximum absolute atomic E-state index is 12.9. The smallest absolute Gasteiger partial charge is 0.274 e. The molecule has 0 bridgehead atoms. The summed E-state index contributed by atoms with van der Waals surface area (Å²) >= 11 is 0. The van der Waals surface area contributed by atoms with Crippen molar-refractivity contribution in [3.05, 3.63) is 54.1 Å². The maximum Gasteiger partial charge on any atom is 0.274 e. The molecule has 2 rings (SSSR count). The zero-order valence-electron chi connectivity index (χ0n) is 10.3. The van der Waals surface area contributed by atoms with Crippen molar-refractivity contribution in [1.82, 2.24) is 4.98 Å². The number of nitriles is 1. The summed E-state index contributed by atoms with van der Waals surface area (Å²) in [5.74, 6) is -0.790. The van der Waals surface area contributed by atoms with Crippen LogP contribution in [-0.2, 0) is 0 Å². The van der Waals surface area contributed by atoms with Crippen LogP contribution in [0.3, 0.4) is 0 Å². The number of amides is 1. The van der Waals surface area contributed by atoms with E-state index < -0.39 is 11.9 Å². The molecule has 6 heteroatoms. The van der Waals surface area contributed by atoms with Crippen molar-refractivity contribution in [2.24, 2.45) is 0 Å². The number of halogens is 1. The van der Waals surface area contributed by atoms with E-state index in [0.29, 0.717) is 11.4 Å². The zero-order valence-corrected chi connectivity index (χ0v) is 10.3. The molecule has 0 aliphatic rings. The summed E-state index contributed by atoms with van der Waals surface area (Å²) in [5.41, 5.74) is 0.449. The molecule has 20 heavy (non-hydrogen) atoms. The van der Waals surface area contributed by atoms with Crippen molar-refractivity contribution >= 4 is 11.6 Å². The topological polar surface area (TPSA) is 75.0 Å². The van der Waals surface area contributed by atoms with Crippen LogP contribution < -0.4 is 10.1 Å². The molecule has 0 unspecified atom stereocenters. The van der Waals surface area contributed by atoms with E-state index in [-0.39, 0.29) is 12.3 Å². The Morgan fingerprint density at radius 3 is 2.90 bits per heavy atom. The van der Waals surface area contributed by atoms with E-state index in [2.05, 4.69) is 10.3 Å². The molecule has 0 atom stereocenters. The van der Waals surface area contributed by atoms with Crippen LogP contribution >= 0.6 is 0 Å². The Kier molecular flexibility index (Phi) is 4.24. The van der Waals surface area contributed by atoms with Gasteiger partial charge in [0.15, 0.2) is 6.61 Å². The van der Waals surface area contributed by atoms with Crippen LogP contribution in [0.25, 0.3) is 0 Å². The number of hydrogen-bond acceptors (Lipinski definition) is 4. The molecule has 0 aliphatic heterocycles. The van der Waals surface area contributed by atoms with Gasteiger partial charge in [0.25, 0.3) is 5.91 Å². The fourth-order valence-corrected chi connectivity index (χ4v) is 1.51. The third-order valence-electron chi connectivity index (χ3n) is 2.34. The van der Waals surface area contributed by atoms with Gasteiger partial charge in [-0.25, -0.2) is 4.98 Å². The SMILES string of the molecule is N#CCOc1cccc(NC(=O)c2cccc(F)n2)c1. The Morgan fingerprint density at radius 2 is 2.15 bits per heavy atom. The Balaban J connectivity index is 2.10. The number of aromatic nitrogens is 1. The summed E-state index contributed by atoms with van der Waals surface area (Å²) in [6, 6.07) is 12.4. The molecule has 100 valence electrons. The third kappa shape index (κ3) is 3.53. The molecule has 0 spiro atoms. The van der Waals surface area contributed by atoms with Gasteiger partial charge in [-0.2, -0.15) is 9.65 Å². The lowest BCUT2D eigenvalue weighted by atomic mass is 10.2. The lowest BCUT2D eigenvalue weighted by Crippen LogP contribution is -2.14. The first kappa shape index (κ1) is 13.5. The molecule has 0 saturated carbocycles. The van der Waals surface area contributed by atoms with Crippen molar-refractivity contribution in [3.63, 3.8) is 0 Å². The van der Waals surface area contributed by atoms with Gasteiger partial charge in [-0.3, -0.25) is 4.79 Å². The number of nitrogens with one attached hydrogen (secondary N) is 1. The second-order valence-corrected chi connectivity index (χ2v) is 3.77. The van der Waals surface area contributed by atoms with Crippen LogP contribution in [0.5, 0.6) is 5.75 Å². The van der Waals surface area contributed by atoms with Crippen LogP contribution in [0.1, 0.15) is 10.5 Å². The number of ether oxygens (including phenoxy) is 1. The summed E-state index contributed by atoms with van der Waals surface area (Å²) in [4.78, 5) is 15.3. The summed E-state index contributed by atoms with van der Waals surface area (Å²) in [5, 5.41) is 11.0. The van der Waals surface area contributed by atoms with Crippen LogP contribution in [-0.4, -0.2) is 17.5 Å². The van der Waals surface area contributed by atoms with Crippen molar-refractivity contribution < 1.29 is 13.9 Å². The maximum atomic E-state index is 12.9. The molecule has 0 saturated heterocycles. The first-order valence-corrected chi connectivity index (χ1v) is 5.73. The summed E-state index contributed by atoms with van der Waals surface area (Å²) in [6.07, 6.45) is 0. The van der Waals surface area contributed by atoms with Crippen LogP contribution in [0.4, 0.5) is 10.1 Å². The van der Waals surface area contributed by atoms with E-state index in [1.54, 1.807) is 24.3 Å². The van der Waals surface area contributed by atoms with Gasteiger partial charge in [-0.05, 0) is 24.3 Å². The molecule has 1 heterocycles. The number of rotatable bonds is 4. The van der Waals surface area contributed by atoms with Crippen molar-refractivity contribution in [3.8, 4) is 11.8 Å². The highest BCUT2D eigenvalue weighted by molar-refractivity contribution is 6.02. The summed E-state index contributed by atoms with van der Waals surface area (Å²) in [7, 11) is 0. The van der Waals surface area contributed by atoms with Crippen molar-refractivity contribution in [2.45, 2.75) is 0 Å². The minimum atomic E-state index is -0.719. The van der Waals surface area contributed by atoms with Crippen LogP contribution in [0.2, 0.25) is 0 Å². The van der Waals surface area contributed by atoms with E-state index in [1.807, 2.05) is 6.07 Å². The molecule has 0 fully saturated rings. The monoisotopic (exact) mass is 271 g/mol. The second-order valence-electron chi connectivity index (χ2n) is 3.77. The van der Waals surface area contributed by atoms with Gasteiger partial charge >= 0.3 is 0 Å². The van der Waals surface area contributed by atoms with Gasteiger partial charge in [-0.15, -0.1) is 0 Å². The molecule has 0 aliphatic carbocycles. The molecular formula is C14H10FN3O2. The lowest BCUT2D eigenvalue weighted by Gasteiger charge is -2.07. The van der Waals surface area contributed by atoms with E-state index in [4.69, 9.17) is 10.00 Å². The zero-order chi connectivity index (χ0) is 14.4. The van der Waals surface area contributed by atoms with Gasteiger partial charge in [0, 0.05) is 11.8 Å². The highest BCUT2D eigenvalue weighted by Gasteiger charge is 2.08. The Bertz CT molecular complexity index is 667. The van der Waals surface area contributed by atoms with Gasteiger partial charge < -0.3 is 10.1 Å². The van der Waals surface area contributed by atoms with Gasteiger partial charge in [-0.1, -0.05) is 12.1 Å². The minimum Gasteiger partial charge on any atom is -0.479 e. The number of benzene rings is 1. The molecule has 1 aromatic heterocycles. The van der Waals surface area contributed by atoms with E-state index in [0.717, 1.165) is 6.07 Å². The first-order chi connectivity index (χ1) is 9.69. The number of nitrogens with zero attached hydrogens (tertiary/aromatic N) is 2. The molecule has 1 aromatic carbocycles. The highest BCUT2D eigenvalue weighted by atomic mass is 19.1. The van der Waals surface area contributed by atoms with E-state index in [1.165, 1.54) is 12.1 Å². The number of pyridine rings is 1. The molecule has 1 amide bonds. The predicted molar refractivity (Wildman–Crippen MR) is 69.7 cm³/mol. The molecule has 2 aromatic rings. The predicted octanol–water partition coefficient (Wildman–Crippen LogP) is 2.38. The Labute approximate surface area is 114 Å². The quantitative estimate of drug-likeness (QED) is 0.866. The Hall–Kier alpha value is -2.94. The largest absolute Gasteiger partial charge is 0.479 e. The summed E-state index contributed by atoms with van der Waals surface area (Å²) < 4.78 is 18.0. The molecular weight excluding hydrogens is 261 g/mol. The number of carbonyl (C=O) groups excluding carboxylic acids is 1. The fraction of sp³-hybridized carbons (Fsp3) is 0.0714. The van der Waals surface area contributed by atoms with Crippen LogP contribution in [0.15, 0.2) is 42.5 Å². The van der Waals surface area contributed by atoms with Crippen LogP contribution in [0, 0.1) is 17.3 Å². The minimum absolute atomic E-state index is 0.0200. The van der Waals surface area contributed by atoms with Gasteiger partial charge in [0.1, 0.15) is 17.5 Å². The first-order valence-electron chi connectivity index (χ1n) is 5.73. The fourth-order valence-electron chi connectivity index (χ4n) is 1.51. The Morgan fingerprint density at radius 1 is 1.35 bits per heavy atom. The van der Waals surface area contributed by atoms with Crippen molar-refractivity contribution in [2.75, 3.05) is 11.9 Å². The standard InChI is InChI=1S/C14H10FN3O2/c15-13-6-2-5-12(18-13)14(19)17-10-3-1-4-11(9-10)20-8-7-16/h1-6,9H,8H2,(H,17,19). The highest BCUT2D eigenvalue weighted by Crippen LogP contribution is 2.17. The lowest BCUT2D eigenvalue weighted by molar-refractivity contribution is 0.102. The van der Waals surface area contributed by atoms with Gasteiger partial charge in [0.2, 0.25) is 5.95 Å². The van der Waals surface area contributed by atoms with Gasteiger partial charge in [0.05, 0.1) is 0 Å². The average molecular weight is 271 g/mol. The number of hydrogen-bond donors (Lipinski definition) is 1. The third-order valence-corrected chi connectivity index (χ3v) is 2.34. The molecule has 5 nitrogen and oxygen atoms in total. The normalized spacial score (nSPS) is 9.60. The molecule has 0 radical (unpaired) electrons.